The second-order valence-electron chi connectivity index (χ2n) is 8.15. The Balaban J connectivity index is 1.78. The molecule has 0 spiro atoms. The van der Waals surface area contributed by atoms with Gasteiger partial charge in [-0.05, 0) is 62.7 Å². The van der Waals surface area contributed by atoms with Crippen molar-refractivity contribution in [2.24, 2.45) is 28.4 Å². The molecule has 4 saturated carbocycles. The summed E-state index contributed by atoms with van der Waals surface area (Å²) in [6.07, 6.45) is 8.06. The molecule has 0 aliphatic heterocycles. The molecule has 4 rings (SSSR count). The van der Waals surface area contributed by atoms with Crippen molar-refractivity contribution in [3.63, 3.8) is 0 Å². The fourth-order valence-corrected chi connectivity index (χ4v) is 6.05. The van der Waals surface area contributed by atoms with Crippen molar-refractivity contribution in [2.45, 2.75) is 58.8 Å². The van der Waals surface area contributed by atoms with E-state index in [4.69, 9.17) is 18.0 Å². The topological polar surface area (TPSA) is 46.3 Å². The number of carbonyl (C=O) groups excluding carboxylic acids is 1. The van der Waals surface area contributed by atoms with E-state index in [9.17, 15) is 4.79 Å². The zero-order valence-corrected chi connectivity index (χ0v) is 14.2. The van der Waals surface area contributed by atoms with Crippen molar-refractivity contribution in [3.05, 3.63) is 0 Å². The largest absolute Gasteiger partial charge is 0.393 e. The van der Waals surface area contributed by atoms with Gasteiger partial charge in [0.2, 0.25) is 5.91 Å². The summed E-state index contributed by atoms with van der Waals surface area (Å²) in [6, 6.07) is 0. The van der Waals surface area contributed by atoms with E-state index in [1.165, 1.54) is 19.3 Å². The Labute approximate surface area is 133 Å². The molecule has 4 aliphatic carbocycles. The van der Waals surface area contributed by atoms with E-state index >= 15 is 0 Å². The molecule has 21 heavy (non-hydrogen) atoms. The Bertz CT molecular complexity index is 448. The Kier molecular flexibility index (Phi) is 3.79. The average molecular weight is 308 g/mol. The van der Waals surface area contributed by atoms with Crippen LogP contribution in [0.5, 0.6) is 0 Å². The lowest BCUT2D eigenvalue weighted by atomic mass is 9.44. The van der Waals surface area contributed by atoms with E-state index < -0.39 is 0 Å². The number of nitrogens with two attached hydrogens (primary N) is 1. The smallest absolute Gasteiger partial charge is 0.228 e. The normalized spacial score (nSPS) is 40.3. The molecule has 0 aromatic carbocycles. The molecule has 4 bridgehead atoms. The first-order valence-corrected chi connectivity index (χ1v) is 8.84. The highest BCUT2D eigenvalue weighted by Crippen LogP contribution is 2.65. The second-order valence-corrected chi connectivity index (χ2v) is 8.68. The van der Waals surface area contributed by atoms with Gasteiger partial charge >= 0.3 is 0 Å². The lowest BCUT2D eigenvalue weighted by molar-refractivity contribution is -0.165. The van der Waals surface area contributed by atoms with Crippen molar-refractivity contribution in [2.75, 3.05) is 13.1 Å². The summed E-state index contributed by atoms with van der Waals surface area (Å²) in [7, 11) is 0. The molecule has 0 saturated heterocycles. The summed E-state index contributed by atoms with van der Waals surface area (Å²) in [6.45, 7) is 5.95. The van der Waals surface area contributed by atoms with Crippen LogP contribution in [-0.4, -0.2) is 28.9 Å². The van der Waals surface area contributed by atoms with Crippen LogP contribution >= 0.6 is 12.2 Å². The first-order chi connectivity index (χ1) is 9.86. The average Bonchev–Trinajstić information content (AvgIpc) is 2.35. The van der Waals surface area contributed by atoms with Gasteiger partial charge in [0.15, 0.2) is 0 Å². The maximum absolute atomic E-state index is 13.2. The number of rotatable bonds is 5. The van der Waals surface area contributed by atoms with Gasteiger partial charge < -0.3 is 10.6 Å². The SMILES string of the molecule is CCN(CCC(N)=S)C(=O)C12CC3CC(CC(C)(C3)C1)C2. The molecule has 1 amide bonds. The van der Waals surface area contributed by atoms with Gasteiger partial charge in [0.1, 0.15) is 0 Å². The molecule has 4 fully saturated rings. The van der Waals surface area contributed by atoms with Gasteiger partial charge in [0, 0.05) is 19.5 Å². The lowest BCUT2D eigenvalue weighted by Crippen LogP contribution is -2.57. The van der Waals surface area contributed by atoms with Crippen molar-refractivity contribution in [3.8, 4) is 0 Å². The number of nitrogens with zero attached hydrogens (tertiary/aromatic N) is 1. The van der Waals surface area contributed by atoms with Crippen LogP contribution in [0.15, 0.2) is 0 Å². The van der Waals surface area contributed by atoms with Gasteiger partial charge in [-0.2, -0.15) is 0 Å². The number of hydrogen-bond donors (Lipinski definition) is 1. The molecule has 3 nitrogen and oxygen atoms in total. The van der Waals surface area contributed by atoms with Gasteiger partial charge in [-0.3, -0.25) is 4.79 Å². The van der Waals surface area contributed by atoms with Crippen LogP contribution < -0.4 is 5.73 Å². The Morgan fingerprint density at radius 1 is 1.29 bits per heavy atom. The Hall–Kier alpha value is -0.640. The molecule has 4 heteroatoms. The summed E-state index contributed by atoms with van der Waals surface area (Å²) in [4.78, 5) is 15.7. The van der Waals surface area contributed by atoms with Gasteiger partial charge in [-0.15, -0.1) is 0 Å². The third kappa shape index (κ3) is 2.71. The molecule has 0 heterocycles. The second kappa shape index (κ2) is 5.22. The van der Waals surface area contributed by atoms with Crippen LogP contribution in [0, 0.1) is 22.7 Å². The van der Waals surface area contributed by atoms with Crippen molar-refractivity contribution >= 4 is 23.1 Å². The standard InChI is InChI=1S/C17H28N2OS/c1-3-19(5-4-14(18)21)15(20)17-9-12-6-13(10-17)8-16(2,7-12)11-17/h12-13H,3-11H2,1-2H3,(H2,18,21). The molecule has 2 unspecified atom stereocenters. The van der Waals surface area contributed by atoms with E-state index in [2.05, 4.69) is 13.8 Å². The minimum Gasteiger partial charge on any atom is -0.393 e. The highest BCUT2D eigenvalue weighted by molar-refractivity contribution is 7.80. The highest BCUT2D eigenvalue weighted by Gasteiger charge is 2.59. The van der Waals surface area contributed by atoms with Gasteiger partial charge in [0.25, 0.3) is 0 Å². The molecular formula is C17H28N2OS. The number of carbonyl (C=O) groups is 1. The summed E-state index contributed by atoms with van der Waals surface area (Å²) >= 11 is 4.97. The van der Waals surface area contributed by atoms with E-state index in [0.717, 1.165) is 37.6 Å². The van der Waals surface area contributed by atoms with Crippen LogP contribution in [-0.2, 0) is 4.79 Å². The van der Waals surface area contributed by atoms with Gasteiger partial charge in [-0.1, -0.05) is 19.1 Å². The van der Waals surface area contributed by atoms with Crippen LogP contribution in [0.4, 0.5) is 0 Å². The van der Waals surface area contributed by atoms with Gasteiger partial charge in [0.05, 0.1) is 10.4 Å². The minimum atomic E-state index is -0.0644. The number of amides is 1. The Morgan fingerprint density at radius 3 is 2.38 bits per heavy atom. The third-order valence-electron chi connectivity index (χ3n) is 6.10. The summed E-state index contributed by atoms with van der Waals surface area (Å²) in [5.74, 6) is 1.96. The van der Waals surface area contributed by atoms with Gasteiger partial charge in [-0.25, -0.2) is 0 Å². The van der Waals surface area contributed by atoms with Crippen LogP contribution in [0.25, 0.3) is 0 Å². The zero-order valence-electron chi connectivity index (χ0n) is 13.4. The molecule has 0 aromatic rings. The molecule has 4 aliphatic rings. The third-order valence-corrected chi connectivity index (χ3v) is 6.31. The summed E-state index contributed by atoms with van der Waals surface area (Å²) < 4.78 is 0. The van der Waals surface area contributed by atoms with Crippen molar-refractivity contribution in [1.29, 1.82) is 0 Å². The first kappa shape index (κ1) is 15.3. The number of hydrogen-bond acceptors (Lipinski definition) is 2. The number of thiocarbonyl (C=S) groups is 1. The molecule has 2 N–H and O–H groups in total. The Morgan fingerprint density at radius 2 is 1.90 bits per heavy atom. The predicted octanol–water partition coefficient (Wildman–Crippen LogP) is 3.12. The van der Waals surface area contributed by atoms with Crippen LogP contribution in [0.2, 0.25) is 0 Å². The minimum absolute atomic E-state index is 0.0644. The zero-order chi connectivity index (χ0) is 15.3. The molecular weight excluding hydrogens is 280 g/mol. The van der Waals surface area contributed by atoms with E-state index in [1.807, 2.05) is 4.90 Å². The first-order valence-electron chi connectivity index (χ1n) is 8.43. The monoisotopic (exact) mass is 308 g/mol. The van der Waals surface area contributed by atoms with Crippen molar-refractivity contribution in [1.82, 2.24) is 4.90 Å². The van der Waals surface area contributed by atoms with Crippen LogP contribution in [0.1, 0.15) is 58.8 Å². The summed E-state index contributed by atoms with van der Waals surface area (Å²) in [5.41, 5.74) is 5.97. The van der Waals surface area contributed by atoms with E-state index in [1.54, 1.807) is 0 Å². The maximum Gasteiger partial charge on any atom is 0.228 e. The predicted molar refractivity (Wildman–Crippen MR) is 88.9 cm³/mol. The quantitative estimate of drug-likeness (QED) is 0.794. The van der Waals surface area contributed by atoms with E-state index in [0.29, 0.717) is 29.3 Å². The molecule has 0 aromatic heterocycles. The van der Waals surface area contributed by atoms with E-state index in [-0.39, 0.29) is 5.41 Å². The molecule has 0 radical (unpaired) electrons. The van der Waals surface area contributed by atoms with Crippen LogP contribution in [0.3, 0.4) is 0 Å². The maximum atomic E-state index is 13.2. The highest BCUT2D eigenvalue weighted by atomic mass is 32.1. The molecule has 118 valence electrons. The summed E-state index contributed by atoms with van der Waals surface area (Å²) in [5, 5.41) is 0. The van der Waals surface area contributed by atoms with Crippen molar-refractivity contribution < 1.29 is 4.79 Å². The lowest BCUT2D eigenvalue weighted by Gasteiger charge is -2.61. The molecule has 2 atom stereocenters. The fraction of sp³-hybridized carbons (Fsp3) is 0.882. The fourth-order valence-electron chi connectivity index (χ4n) is 5.95.